The predicted molar refractivity (Wildman–Crippen MR) is 169 cm³/mol. The standard InChI is InChI=1S/C37H22N2OS/c38-21-22-15-17-26-25-7-1-3-12-31(25)39(33(26)19-22)32-13-6-11-29-30-20-23(16-18-35(30)41-37(29)32)24-9-5-10-28-27-8-2-4-14-34(27)40-36(24)28/h1-20,27,34H. The van der Waals surface area contributed by atoms with Crippen molar-refractivity contribution in [3.8, 4) is 28.6 Å². The number of hydrogen-bond donors (Lipinski definition) is 0. The van der Waals surface area contributed by atoms with Gasteiger partial charge in [0.1, 0.15) is 11.9 Å². The van der Waals surface area contributed by atoms with Gasteiger partial charge in [0.25, 0.3) is 0 Å². The monoisotopic (exact) mass is 542 g/mol. The molecule has 0 radical (unpaired) electrons. The molecule has 7 aromatic rings. The molecule has 0 bridgehead atoms. The lowest BCUT2D eigenvalue weighted by Crippen LogP contribution is -2.15. The van der Waals surface area contributed by atoms with Gasteiger partial charge in [0.2, 0.25) is 0 Å². The first-order valence-corrected chi connectivity index (χ1v) is 14.6. The zero-order valence-electron chi connectivity index (χ0n) is 21.9. The van der Waals surface area contributed by atoms with E-state index in [4.69, 9.17) is 4.74 Å². The Hall–Kier alpha value is -5.11. The van der Waals surface area contributed by atoms with Gasteiger partial charge in [0.15, 0.2) is 0 Å². The number of benzene rings is 5. The van der Waals surface area contributed by atoms with Gasteiger partial charge in [0.05, 0.1) is 33.1 Å². The van der Waals surface area contributed by atoms with Crippen LogP contribution >= 0.6 is 11.3 Å². The molecule has 3 heterocycles. The van der Waals surface area contributed by atoms with Gasteiger partial charge in [-0.1, -0.05) is 78.9 Å². The molecule has 1 aliphatic heterocycles. The van der Waals surface area contributed by atoms with Gasteiger partial charge in [-0.15, -0.1) is 11.3 Å². The third-order valence-corrected chi connectivity index (χ3v) is 9.78. The molecule has 0 spiro atoms. The molecule has 0 saturated heterocycles. The topological polar surface area (TPSA) is 38.0 Å². The molecule has 192 valence electrons. The van der Waals surface area contributed by atoms with Crippen LogP contribution in [0, 0.1) is 11.3 Å². The van der Waals surface area contributed by atoms with Crippen molar-refractivity contribution in [3.63, 3.8) is 0 Å². The lowest BCUT2D eigenvalue weighted by molar-refractivity contribution is 0.270. The second kappa shape index (κ2) is 8.44. The molecular weight excluding hydrogens is 520 g/mol. The zero-order valence-corrected chi connectivity index (χ0v) is 22.7. The van der Waals surface area contributed by atoms with Crippen molar-refractivity contribution in [1.29, 1.82) is 5.26 Å². The SMILES string of the molecule is N#Cc1ccc2c3ccccc3n(-c3cccc4c3sc3ccc(-c5cccc6c5OC5C=CC=CC65)cc34)c2c1. The molecule has 9 rings (SSSR count). The summed E-state index contributed by atoms with van der Waals surface area (Å²) < 4.78 is 11.3. The maximum atomic E-state index is 9.67. The Morgan fingerprint density at radius 2 is 1.59 bits per heavy atom. The van der Waals surface area contributed by atoms with Crippen molar-refractivity contribution in [1.82, 2.24) is 4.57 Å². The van der Waals surface area contributed by atoms with E-state index in [1.54, 1.807) is 0 Å². The summed E-state index contributed by atoms with van der Waals surface area (Å²) in [6.45, 7) is 0. The summed E-state index contributed by atoms with van der Waals surface area (Å²) in [5, 5.41) is 14.5. The molecule has 2 aliphatic rings. The van der Waals surface area contributed by atoms with Crippen LogP contribution in [0.1, 0.15) is 17.0 Å². The van der Waals surface area contributed by atoms with Gasteiger partial charge in [-0.05, 0) is 48.0 Å². The minimum atomic E-state index is 0.0668. The fraction of sp³-hybridized carbons (Fsp3) is 0.0541. The highest BCUT2D eigenvalue weighted by Crippen LogP contribution is 2.48. The summed E-state index contributed by atoms with van der Waals surface area (Å²) in [6, 6.07) is 36.7. The number of rotatable bonds is 2. The van der Waals surface area contributed by atoms with E-state index in [-0.39, 0.29) is 12.0 Å². The average molecular weight is 543 g/mol. The highest BCUT2D eigenvalue weighted by atomic mass is 32.1. The quantitative estimate of drug-likeness (QED) is 0.218. The molecule has 2 aromatic heterocycles. The Morgan fingerprint density at radius 1 is 0.732 bits per heavy atom. The fourth-order valence-corrected chi connectivity index (χ4v) is 7.91. The number of hydrogen-bond acceptors (Lipinski definition) is 3. The van der Waals surface area contributed by atoms with Crippen LogP contribution in [0.5, 0.6) is 5.75 Å². The van der Waals surface area contributed by atoms with E-state index >= 15 is 0 Å². The van der Waals surface area contributed by atoms with Crippen LogP contribution in [0.4, 0.5) is 0 Å². The molecule has 0 N–H and O–H groups in total. The summed E-state index contributed by atoms with van der Waals surface area (Å²) in [7, 11) is 0. The molecule has 0 amide bonds. The Bertz CT molecular complexity index is 2330. The normalized spacial score (nSPS) is 17.2. The number of nitrogens with zero attached hydrogens (tertiary/aromatic N) is 2. The van der Waals surface area contributed by atoms with Crippen molar-refractivity contribution in [2.24, 2.45) is 0 Å². The van der Waals surface area contributed by atoms with E-state index in [1.807, 2.05) is 23.5 Å². The van der Waals surface area contributed by atoms with Crippen LogP contribution in [0.3, 0.4) is 0 Å². The summed E-state index contributed by atoms with van der Waals surface area (Å²) in [6.07, 6.45) is 8.65. The van der Waals surface area contributed by atoms with Crippen LogP contribution in [0.25, 0.3) is 58.8 Å². The average Bonchev–Trinajstić information content (AvgIpc) is 3.70. The molecule has 0 fully saturated rings. The third-order valence-electron chi connectivity index (χ3n) is 8.57. The molecule has 2 unspecified atom stereocenters. The second-order valence-electron chi connectivity index (χ2n) is 10.8. The van der Waals surface area contributed by atoms with Gasteiger partial charge in [-0.25, -0.2) is 0 Å². The van der Waals surface area contributed by atoms with E-state index in [1.165, 1.54) is 36.7 Å². The minimum Gasteiger partial charge on any atom is -0.484 e. The maximum absolute atomic E-state index is 9.67. The van der Waals surface area contributed by atoms with E-state index in [0.717, 1.165) is 33.4 Å². The minimum absolute atomic E-state index is 0.0668. The van der Waals surface area contributed by atoms with Crippen molar-refractivity contribution in [3.05, 3.63) is 132 Å². The molecule has 2 atom stereocenters. The van der Waals surface area contributed by atoms with E-state index in [2.05, 4.69) is 120 Å². The number of allylic oxidation sites excluding steroid dienone is 2. The number of aromatic nitrogens is 1. The first-order chi connectivity index (χ1) is 20.3. The van der Waals surface area contributed by atoms with Gasteiger partial charge in [0, 0.05) is 43.3 Å². The Morgan fingerprint density at radius 3 is 2.54 bits per heavy atom. The van der Waals surface area contributed by atoms with Crippen LogP contribution in [-0.4, -0.2) is 10.7 Å². The second-order valence-corrected chi connectivity index (χ2v) is 11.8. The maximum Gasteiger partial charge on any atom is 0.132 e. The highest BCUT2D eigenvalue weighted by molar-refractivity contribution is 7.26. The number of fused-ring (bicyclic) bond motifs is 9. The summed E-state index contributed by atoms with van der Waals surface area (Å²) in [5.41, 5.74) is 7.57. The zero-order chi connectivity index (χ0) is 27.1. The first-order valence-electron chi connectivity index (χ1n) is 13.8. The summed E-state index contributed by atoms with van der Waals surface area (Å²) >= 11 is 1.82. The predicted octanol–water partition coefficient (Wildman–Crippen LogP) is 9.66. The summed E-state index contributed by atoms with van der Waals surface area (Å²) in [4.78, 5) is 0. The molecular formula is C37H22N2OS. The molecule has 1 aliphatic carbocycles. The molecule has 4 heteroatoms. The van der Waals surface area contributed by atoms with Crippen LogP contribution in [0.2, 0.25) is 0 Å². The Labute approximate surface area is 240 Å². The van der Waals surface area contributed by atoms with Crippen LogP contribution in [0.15, 0.2) is 121 Å². The largest absolute Gasteiger partial charge is 0.484 e. The van der Waals surface area contributed by atoms with Crippen molar-refractivity contribution in [2.45, 2.75) is 12.0 Å². The van der Waals surface area contributed by atoms with E-state index in [0.29, 0.717) is 5.56 Å². The third kappa shape index (κ3) is 3.18. The van der Waals surface area contributed by atoms with Crippen molar-refractivity contribution in [2.75, 3.05) is 0 Å². The number of nitriles is 1. The van der Waals surface area contributed by atoms with Gasteiger partial charge >= 0.3 is 0 Å². The molecule has 3 nitrogen and oxygen atoms in total. The smallest absolute Gasteiger partial charge is 0.132 e. The van der Waals surface area contributed by atoms with Gasteiger partial charge < -0.3 is 9.30 Å². The first kappa shape index (κ1) is 22.7. The number of para-hydroxylation sites is 2. The van der Waals surface area contributed by atoms with Gasteiger partial charge in [-0.2, -0.15) is 5.26 Å². The molecule has 0 saturated carbocycles. The number of ether oxygens (including phenoxy) is 1. The fourth-order valence-electron chi connectivity index (χ4n) is 6.72. The van der Waals surface area contributed by atoms with E-state index in [9.17, 15) is 5.26 Å². The van der Waals surface area contributed by atoms with Crippen LogP contribution < -0.4 is 4.74 Å². The van der Waals surface area contributed by atoms with Crippen molar-refractivity contribution >= 4 is 53.3 Å². The highest BCUT2D eigenvalue weighted by Gasteiger charge is 2.33. The van der Waals surface area contributed by atoms with Gasteiger partial charge in [-0.3, -0.25) is 0 Å². The van der Waals surface area contributed by atoms with Crippen molar-refractivity contribution < 1.29 is 4.74 Å². The van der Waals surface area contributed by atoms with Crippen LogP contribution in [-0.2, 0) is 0 Å². The molecule has 5 aromatic carbocycles. The lowest BCUT2D eigenvalue weighted by atomic mass is 9.90. The molecule has 41 heavy (non-hydrogen) atoms. The summed E-state index contributed by atoms with van der Waals surface area (Å²) in [5.74, 6) is 1.27. The Balaban J connectivity index is 1.27. The lowest BCUT2D eigenvalue weighted by Gasteiger charge is -2.14. The van der Waals surface area contributed by atoms with E-state index < -0.39 is 0 Å². The Kier molecular flexibility index (Phi) is 4.67. The number of thiophene rings is 1.